The zero-order valence-corrected chi connectivity index (χ0v) is 17.3. The van der Waals surface area contributed by atoms with Gasteiger partial charge in [0.25, 0.3) is 11.8 Å². The lowest BCUT2D eigenvalue weighted by Crippen LogP contribution is -2.32. The highest BCUT2D eigenvalue weighted by molar-refractivity contribution is 6.01. The molecule has 0 N–H and O–H groups in total. The lowest BCUT2D eigenvalue weighted by Gasteiger charge is -2.12. The van der Waals surface area contributed by atoms with Gasteiger partial charge in [0.1, 0.15) is 6.61 Å². The van der Waals surface area contributed by atoms with E-state index < -0.39 is 18.0 Å². The van der Waals surface area contributed by atoms with Crippen LogP contribution in [0.1, 0.15) is 12.8 Å². The summed E-state index contributed by atoms with van der Waals surface area (Å²) >= 11 is 0. The van der Waals surface area contributed by atoms with Crippen LogP contribution < -0.4 is 0 Å². The predicted molar refractivity (Wildman–Crippen MR) is 102 cm³/mol. The number of imide groups is 1. The fourth-order valence-electron chi connectivity index (χ4n) is 2.07. The third-order valence-corrected chi connectivity index (χ3v) is 3.51. The summed E-state index contributed by atoms with van der Waals surface area (Å²) in [5.74, 6) is -1.14. The molecule has 0 aromatic rings. The second kappa shape index (κ2) is 18.3. The van der Waals surface area contributed by atoms with Crippen molar-refractivity contribution in [2.24, 2.45) is 5.11 Å². The molecule has 31 heavy (non-hydrogen) atoms. The van der Waals surface area contributed by atoms with E-state index in [4.69, 9.17) is 34.0 Å². The van der Waals surface area contributed by atoms with Crippen molar-refractivity contribution in [2.45, 2.75) is 12.8 Å². The monoisotopic (exact) mass is 448 g/mol. The summed E-state index contributed by atoms with van der Waals surface area (Å²) in [5, 5.41) is 3.75. The average Bonchev–Trinajstić information content (AvgIpc) is 3.07. The molecule has 1 saturated heterocycles. The molecule has 14 heteroatoms. The van der Waals surface area contributed by atoms with Gasteiger partial charge in [-0.2, -0.15) is 0 Å². The van der Waals surface area contributed by atoms with Gasteiger partial charge in [0.15, 0.2) is 0 Å². The summed E-state index contributed by atoms with van der Waals surface area (Å²) in [5.41, 5.74) is 8.08. The van der Waals surface area contributed by atoms with Crippen LogP contribution >= 0.6 is 0 Å². The number of hydroxylamine groups is 2. The molecule has 1 aliphatic rings. The number of carbonyl (C=O) groups is 3. The highest BCUT2D eigenvalue weighted by Gasteiger charge is 2.33. The van der Waals surface area contributed by atoms with Crippen molar-refractivity contribution in [2.75, 3.05) is 79.2 Å². The zero-order chi connectivity index (χ0) is 22.6. The summed E-state index contributed by atoms with van der Waals surface area (Å²) in [6, 6.07) is 0. The van der Waals surface area contributed by atoms with Gasteiger partial charge in [-0.05, 0) is 5.53 Å². The Balaban J connectivity index is 1.76. The standard InChI is InChI=1S/C17H28N4O10/c18-20-19-3-4-25-5-6-26-7-8-27-9-10-28-11-12-29-13-14-30-17(24)31-21-15(22)1-2-16(21)23/h1-14H2. The molecule has 0 radical (unpaired) electrons. The van der Waals surface area contributed by atoms with E-state index in [1.807, 2.05) is 0 Å². The van der Waals surface area contributed by atoms with Gasteiger partial charge in [-0.3, -0.25) is 14.4 Å². The van der Waals surface area contributed by atoms with E-state index >= 15 is 0 Å². The smallest absolute Gasteiger partial charge is 0.430 e. The predicted octanol–water partition coefficient (Wildman–Crippen LogP) is 0.597. The first-order valence-electron chi connectivity index (χ1n) is 9.75. The van der Waals surface area contributed by atoms with Crippen molar-refractivity contribution < 1.29 is 47.6 Å². The molecule has 1 fully saturated rings. The molecule has 0 aromatic carbocycles. The molecule has 1 heterocycles. The lowest BCUT2D eigenvalue weighted by atomic mass is 10.4. The highest BCUT2D eigenvalue weighted by Crippen LogP contribution is 2.12. The van der Waals surface area contributed by atoms with Gasteiger partial charge in [0, 0.05) is 24.3 Å². The average molecular weight is 448 g/mol. The number of hydrogen-bond acceptors (Lipinski definition) is 11. The molecule has 14 nitrogen and oxygen atoms in total. The Morgan fingerprint density at radius 2 is 1.19 bits per heavy atom. The van der Waals surface area contributed by atoms with Crippen LogP contribution in [0.2, 0.25) is 0 Å². The van der Waals surface area contributed by atoms with E-state index in [0.717, 1.165) is 0 Å². The van der Waals surface area contributed by atoms with E-state index in [9.17, 15) is 14.4 Å². The largest absolute Gasteiger partial charge is 0.534 e. The molecule has 176 valence electrons. The number of hydrogen-bond donors (Lipinski definition) is 0. The molecular weight excluding hydrogens is 420 g/mol. The second-order valence-corrected chi connectivity index (χ2v) is 5.79. The Labute approximate surface area is 179 Å². The lowest BCUT2D eigenvalue weighted by molar-refractivity contribution is -0.177. The molecule has 0 spiro atoms. The summed E-state index contributed by atoms with van der Waals surface area (Å²) in [6.07, 6.45) is -1.10. The van der Waals surface area contributed by atoms with Crippen molar-refractivity contribution in [3.63, 3.8) is 0 Å². The van der Waals surface area contributed by atoms with Gasteiger partial charge >= 0.3 is 6.16 Å². The fraction of sp³-hybridized carbons (Fsp3) is 0.824. The molecule has 0 aromatic heterocycles. The maximum absolute atomic E-state index is 11.4. The SMILES string of the molecule is [N-]=[N+]=NCCOCCOCCOCCOCCOCCOC(=O)ON1C(=O)CCC1=O. The minimum atomic E-state index is -1.14. The molecular formula is C17H28N4O10. The maximum atomic E-state index is 11.4. The minimum Gasteiger partial charge on any atom is -0.430 e. The molecule has 0 aliphatic carbocycles. The maximum Gasteiger partial charge on any atom is 0.534 e. The first kappa shape index (κ1) is 26.6. The molecule has 0 unspecified atom stereocenters. The minimum absolute atomic E-state index is 0.0196. The van der Waals surface area contributed by atoms with Crippen LogP contribution in [0.25, 0.3) is 10.4 Å². The van der Waals surface area contributed by atoms with E-state index in [1.165, 1.54) is 0 Å². The van der Waals surface area contributed by atoms with Gasteiger partial charge in [0.05, 0.1) is 66.1 Å². The Morgan fingerprint density at radius 3 is 1.65 bits per heavy atom. The summed E-state index contributed by atoms with van der Waals surface area (Å²) in [4.78, 5) is 41.0. The summed E-state index contributed by atoms with van der Waals surface area (Å²) in [7, 11) is 0. The van der Waals surface area contributed by atoms with Crippen molar-refractivity contribution in [1.29, 1.82) is 0 Å². The number of azide groups is 1. The fourth-order valence-corrected chi connectivity index (χ4v) is 2.07. The molecule has 1 aliphatic heterocycles. The first-order valence-corrected chi connectivity index (χ1v) is 9.75. The van der Waals surface area contributed by atoms with Gasteiger partial charge < -0.3 is 28.4 Å². The third-order valence-electron chi connectivity index (χ3n) is 3.51. The second-order valence-electron chi connectivity index (χ2n) is 5.79. The Kier molecular flexibility index (Phi) is 15.7. The summed E-state index contributed by atoms with van der Waals surface area (Å²) in [6.45, 7) is 3.87. The Hall–Kier alpha value is -2.48. The number of rotatable bonds is 19. The van der Waals surface area contributed by atoms with Crippen LogP contribution in [0, 0.1) is 0 Å². The van der Waals surface area contributed by atoms with Crippen LogP contribution in [0.3, 0.4) is 0 Å². The van der Waals surface area contributed by atoms with Crippen molar-refractivity contribution in [3.05, 3.63) is 10.4 Å². The topological polar surface area (TPSA) is 168 Å². The Morgan fingerprint density at radius 1 is 0.774 bits per heavy atom. The third kappa shape index (κ3) is 14.2. The zero-order valence-electron chi connectivity index (χ0n) is 17.3. The molecule has 0 bridgehead atoms. The van der Waals surface area contributed by atoms with Crippen LogP contribution in [0.15, 0.2) is 5.11 Å². The number of amides is 2. The van der Waals surface area contributed by atoms with Crippen LogP contribution in [-0.2, 0) is 42.8 Å². The van der Waals surface area contributed by atoms with E-state index in [2.05, 4.69) is 14.9 Å². The van der Waals surface area contributed by atoms with Gasteiger partial charge in [-0.1, -0.05) is 10.2 Å². The molecule has 2 amide bonds. The van der Waals surface area contributed by atoms with E-state index in [-0.39, 0.29) is 26.1 Å². The Bertz CT molecular complexity index is 569. The number of nitrogens with zero attached hydrogens (tertiary/aromatic N) is 4. The van der Waals surface area contributed by atoms with Crippen LogP contribution in [-0.4, -0.2) is 102 Å². The van der Waals surface area contributed by atoms with Crippen molar-refractivity contribution >= 4 is 18.0 Å². The number of ether oxygens (including phenoxy) is 6. The van der Waals surface area contributed by atoms with Crippen molar-refractivity contribution in [1.82, 2.24) is 5.06 Å². The molecule has 1 rings (SSSR count). The normalized spacial score (nSPS) is 13.4. The molecule has 0 atom stereocenters. The van der Waals surface area contributed by atoms with Crippen molar-refractivity contribution in [3.8, 4) is 0 Å². The van der Waals surface area contributed by atoms with E-state index in [1.54, 1.807) is 0 Å². The first-order chi connectivity index (χ1) is 15.1. The number of carbonyl (C=O) groups excluding carboxylic acids is 3. The van der Waals surface area contributed by atoms with Gasteiger partial charge in [0.2, 0.25) is 0 Å². The highest BCUT2D eigenvalue weighted by atomic mass is 16.8. The molecule has 0 saturated carbocycles. The quantitative estimate of drug-likeness (QED) is 0.0681. The van der Waals surface area contributed by atoms with Crippen LogP contribution in [0.4, 0.5) is 4.79 Å². The van der Waals surface area contributed by atoms with Crippen LogP contribution in [0.5, 0.6) is 0 Å². The summed E-state index contributed by atoms with van der Waals surface area (Å²) < 4.78 is 31.0. The van der Waals surface area contributed by atoms with Gasteiger partial charge in [-0.15, -0.1) is 0 Å². The van der Waals surface area contributed by atoms with Gasteiger partial charge in [-0.25, -0.2) is 4.79 Å². The van der Waals surface area contributed by atoms with E-state index in [0.29, 0.717) is 71.1 Å².